The third-order valence-corrected chi connectivity index (χ3v) is 7.40. The lowest BCUT2D eigenvalue weighted by atomic mass is 9.86. The first-order chi connectivity index (χ1) is 13.3. The summed E-state index contributed by atoms with van der Waals surface area (Å²) in [6, 6.07) is 13.7. The van der Waals surface area contributed by atoms with Crippen LogP contribution in [0.3, 0.4) is 0 Å². The van der Waals surface area contributed by atoms with E-state index in [-0.39, 0.29) is 16.8 Å². The highest BCUT2D eigenvalue weighted by Crippen LogP contribution is 2.25. The summed E-state index contributed by atoms with van der Waals surface area (Å²) in [5.41, 5.74) is 2.06. The van der Waals surface area contributed by atoms with E-state index in [1.807, 2.05) is 6.92 Å². The second-order valence-corrected chi connectivity index (χ2v) is 9.64. The fourth-order valence-corrected chi connectivity index (χ4v) is 4.81. The van der Waals surface area contributed by atoms with Crippen LogP contribution in [0.5, 0.6) is 0 Å². The number of carbonyl (C=O) groups is 1. The Morgan fingerprint density at radius 2 is 1.61 bits per heavy atom. The van der Waals surface area contributed by atoms with Crippen molar-refractivity contribution in [3.63, 3.8) is 0 Å². The molecule has 28 heavy (non-hydrogen) atoms. The molecule has 0 aliphatic heterocycles. The van der Waals surface area contributed by atoms with Gasteiger partial charge in [0.1, 0.15) is 0 Å². The third-order valence-electron chi connectivity index (χ3n) is 5.60. The monoisotopic (exact) mass is 400 g/mol. The van der Waals surface area contributed by atoms with Gasteiger partial charge in [-0.1, -0.05) is 37.5 Å². The molecule has 1 amide bonds. The van der Waals surface area contributed by atoms with Gasteiger partial charge in [-0.2, -0.15) is 0 Å². The Morgan fingerprint density at radius 3 is 2.21 bits per heavy atom. The van der Waals surface area contributed by atoms with E-state index >= 15 is 0 Å². The predicted molar refractivity (Wildman–Crippen MR) is 112 cm³/mol. The molecule has 1 aliphatic rings. The zero-order chi connectivity index (χ0) is 20.3. The number of hydrogen-bond acceptors (Lipinski definition) is 3. The van der Waals surface area contributed by atoms with Gasteiger partial charge in [0, 0.05) is 18.7 Å². The lowest BCUT2D eigenvalue weighted by Crippen LogP contribution is -2.41. The number of sulfonamides is 1. The summed E-state index contributed by atoms with van der Waals surface area (Å²) in [4.78, 5) is 12.8. The van der Waals surface area contributed by atoms with E-state index in [9.17, 15) is 13.2 Å². The maximum atomic E-state index is 12.8. The first-order valence-electron chi connectivity index (χ1n) is 9.75. The van der Waals surface area contributed by atoms with Crippen molar-refractivity contribution in [3.8, 4) is 0 Å². The zero-order valence-corrected chi connectivity index (χ0v) is 17.5. The Morgan fingerprint density at radius 1 is 1.00 bits per heavy atom. The Labute approximate surface area is 167 Å². The molecule has 1 aliphatic carbocycles. The molecular weight excluding hydrogens is 372 g/mol. The predicted octanol–water partition coefficient (Wildman–Crippen LogP) is 4.13. The molecule has 0 unspecified atom stereocenters. The highest BCUT2D eigenvalue weighted by Gasteiger charge is 2.24. The first kappa shape index (κ1) is 20.4. The summed E-state index contributed by atoms with van der Waals surface area (Å²) in [5.74, 6) is 0.386. The molecule has 0 bridgehead atoms. The van der Waals surface area contributed by atoms with Crippen molar-refractivity contribution in [2.24, 2.45) is 5.92 Å². The SMILES string of the molecule is Cc1ccc(S(=O)(=O)N(C)c2ccc(C(=O)N[C@H]3CCCC[C@@H]3C)cc2)cc1. The molecule has 0 aromatic heterocycles. The number of hydrogen-bond donors (Lipinski definition) is 1. The Bertz CT molecular complexity index is 921. The van der Waals surface area contributed by atoms with Crippen molar-refractivity contribution in [1.29, 1.82) is 0 Å². The normalized spacial score (nSPS) is 19.8. The van der Waals surface area contributed by atoms with Crippen LogP contribution in [0.1, 0.15) is 48.5 Å². The van der Waals surface area contributed by atoms with Gasteiger partial charge < -0.3 is 5.32 Å². The van der Waals surface area contributed by atoms with Gasteiger partial charge in [0.2, 0.25) is 0 Å². The first-order valence-corrected chi connectivity index (χ1v) is 11.2. The number of nitrogens with one attached hydrogen (secondary N) is 1. The van der Waals surface area contributed by atoms with E-state index in [1.165, 1.54) is 17.8 Å². The maximum absolute atomic E-state index is 12.8. The smallest absolute Gasteiger partial charge is 0.264 e. The Balaban J connectivity index is 1.72. The molecule has 2 aromatic carbocycles. The maximum Gasteiger partial charge on any atom is 0.264 e. The fraction of sp³-hybridized carbons (Fsp3) is 0.409. The average molecular weight is 401 g/mol. The molecular formula is C22H28N2O3S. The van der Waals surface area contributed by atoms with Crippen LogP contribution in [-0.2, 0) is 10.0 Å². The summed E-state index contributed by atoms with van der Waals surface area (Å²) in [6.45, 7) is 4.09. The topological polar surface area (TPSA) is 66.5 Å². The lowest BCUT2D eigenvalue weighted by Gasteiger charge is -2.29. The zero-order valence-electron chi connectivity index (χ0n) is 16.7. The molecule has 2 aromatic rings. The van der Waals surface area contributed by atoms with Crippen LogP contribution in [0, 0.1) is 12.8 Å². The minimum Gasteiger partial charge on any atom is -0.349 e. The van der Waals surface area contributed by atoms with Crippen LogP contribution < -0.4 is 9.62 Å². The van der Waals surface area contributed by atoms with Crippen molar-refractivity contribution in [2.75, 3.05) is 11.4 Å². The van der Waals surface area contributed by atoms with Gasteiger partial charge in [-0.25, -0.2) is 8.42 Å². The lowest BCUT2D eigenvalue weighted by molar-refractivity contribution is 0.0910. The quantitative estimate of drug-likeness (QED) is 0.821. The van der Waals surface area contributed by atoms with Gasteiger partial charge in [0.05, 0.1) is 10.6 Å². The number of amides is 1. The standard InChI is InChI=1S/C22H28N2O3S/c1-16-8-14-20(15-9-16)28(26,27)24(3)19-12-10-18(11-13-19)22(25)23-21-7-5-4-6-17(21)2/h8-15,17,21H,4-7H2,1-3H3,(H,23,25)/t17-,21-/m0/s1. The highest BCUT2D eigenvalue weighted by molar-refractivity contribution is 7.92. The minimum atomic E-state index is -3.64. The molecule has 2 atom stereocenters. The van der Waals surface area contributed by atoms with E-state index in [0.29, 0.717) is 17.2 Å². The van der Waals surface area contributed by atoms with Crippen molar-refractivity contribution in [2.45, 2.75) is 50.5 Å². The van der Waals surface area contributed by atoms with Gasteiger partial charge >= 0.3 is 0 Å². The van der Waals surface area contributed by atoms with Gasteiger partial charge in [0.25, 0.3) is 15.9 Å². The summed E-state index contributed by atoms with van der Waals surface area (Å²) in [5, 5.41) is 3.12. The van der Waals surface area contributed by atoms with Crippen molar-refractivity contribution in [1.82, 2.24) is 5.32 Å². The third kappa shape index (κ3) is 4.38. The minimum absolute atomic E-state index is 0.102. The van der Waals surface area contributed by atoms with Crippen molar-refractivity contribution in [3.05, 3.63) is 59.7 Å². The van der Waals surface area contributed by atoms with E-state index in [1.54, 1.807) is 48.5 Å². The van der Waals surface area contributed by atoms with E-state index < -0.39 is 10.0 Å². The average Bonchev–Trinajstić information content (AvgIpc) is 2.69. The fourth-order valence-electron chi connectivity index (χ4n) is 3.61. The van der Waals surface area contributed by atoms with Crippen LogP contribution >= 0.6 is 0 Å². The van der Waals surface area contributed by atoms with Gasteiger partial charge in [-0.05, 0) is 62.1 Å². The molecule has 1 fully saturated rings. The van der Waals surface area contributed by atoms with E-state index in [2.05, 4.69) is 12.2 Å². The number of nitrogens with zero attached hydrogens (tertiary/aromatic N) is 1. The molecule has 0 heterocycles. The van der Waals surface area contributed by atoms with Gasteiger partial charge in [-0.15, -0.1) is 0 Å². The Hall–Kier alpha value is -2.34. The molecule has 3 rings (SSSR count). The number of benzene rings is 2. The summed E-state index contributed by atoms with van der Waals surface area (Å²) in [6.07, 6.45) is 4.54. The van der Waals surface area contributed by atoms with Crippen LogP contribution in [0.2, 0.25) is 0 Å². The van der Waals surface area contributed by atoms with Crippen LogP contribution in [-0.4, -0.2) is 27.4 Å². The van der Waals surface area contributed by atoms with Gasteiger partial charge in [0.15, 0.2) is 0 Å². The molecule has 1 saturated carbocycles. The highest BCUT2D eigenvalue weighted by atomic mass is 32.2. The molecule has 0 spiro atoms. The molecule has 6 heteroatoms. The second kappa shape index (κ2) is 8.35. The molecule has 0 radical (unpaired) electrons. The van der Waals surface area contributed by atoms with Crippen LogP contribution in [0.25, 0.3) is 0 Å². The molecule has 1 N–H and O–H groups in total. The summed E-state index contributed by atoms with van der Waals surface area (Å²) >= 11 is 0. The van der Waals surface area contributed by atoms with Crippen molar-refractivity contribution >= 4 is 21.6 Å². The van der Waals surface area contributed by atoms with Crippen molar-refractivity contribution < 1.29 is 13.2 Å². The van der Waals surface area contributed by atoms with Crippen LogP contribution in [0.15, 0.2) is 53.4 Å². The van der Waals surface area contributed by atoms with Gasteiger partial charge in [-0.3, -0.25) is 9.10 Å². The largest absolute Gasteiger partial charge is 0.349 e. The molecule has 5 nitrogen and oxygen atoms in total. The van der Waals surface area contributed by atoms with E-state index in [0.717, 1.165) is 24.8 Å². The molecule has 0 saturated heterocycles. The second-order valence-electron chi connectivity index (χ2n) is 7.67. The van der Waals surface area contributed by atoms with Crippen LogP contribution in [0.4, 0.5) is 5.69 Å². The Kier molecular flexibility index (Phi) is 6.08. The van der Waals surface area contributed by atoms with E-state index in [4.69, 9.17) is 0 Å². The number of anilines is 1. The number of aryl methyl sites for hydroxylation is 1. The number of carbonyl (C=O) groups excluding carboxylic acids is 1. The summed E-state index contributed by atoms with van der Waals surface area (Å²) < 4.78 is 26.9. The summed E-state index contributed by atoms with van der Waals surface area (Å²) in [7, 11) is -2.12. The molecule has 150 valence electrons. The number of rotatable bonds is 5.